The first kappa shape index (κ1) is 23.9. The molecule has 1 fully saturated rings. The quantitative estimate of drug-likeness (QED) is 0.645. The third-order valence-electron chi connectivity index (χ3n) is 6.98. The number of piperidine rings is 1. The van der Waals surface area contributed by atoms with Crippen LogP contribution in [0.25, 0.3) is 0 Å². The lowest BCUT2D eigenvalue weighted by molar-refractivity contribution is -0.126. The van der Waals surface area contributed by atoms with Crippen LogP contribution in [-0.4, -0.2) is 31.7 Å². The van der Waals surface area contributed by atoms with Crippen molar-refractivity contribution in [2.75, 3.05) is 13.1 Å². The molecule has 4 rings (SSSR count). The monoisotopic (exact) mass is 472 g/mol. The molecule has 33 heavy (non-hydrogen) atoms. The van der Waals surface area contributed by atoms with E-state index in [9.17, 15) is 17.6 Å². The molecule has 2 aliphatic rings. The van der Waals surface area contributed by atoms with Crippen LogP contribution in [0.4, 0.5) is 4.39 Å². The highest BCUT2D eigenvalue weighted by Gasteiger charge is 2.32. The van der Waals surface area contributed by atoms with E-state index in [0.29, 0.717) is 31.5 Å². The molecule has 1 N–H and O–H groups in total. The van der Waals surface area contributed by atoms with Crippen molar-refractivity contribution in [1.82, 2.24) is 9.62 Å². The number of carbonyl (C=O) groups is 1. The largest absolute Gasteiger partial charge is 0.349 e. The molecule has 0 spiro atoms. The predicted molar refractivity (Wildman–Crippen MR) is 128 cm³/mol. The Balaban J connectivity index is 1.33. The second kappa shape index (κ2) is 10.3. The zero-order valence-electron chi connectivity index (χ0n) is 19.2. The van der Waals surface area contributed by atoms with Crippen LogP contribution in [0, 0.1) is 11.7 Å². The van der Waals surface area contributed by atoms with Gasteiger partial charge in [0.1, 0.15) is 5.82 Å². The van der Waals surface area contributed by atoms with Crippen molar-refractivity contribution in [3.63, 3.8) is 0 Å². The fraction of sp³-hybridized carbons (Fsp3) is 0.500. The van der Waals surface area contributed by atoms with Gasteiger partial charge in [0.2, 0.25) is 15.9 Å². The molecule has 1 amide bonds. The number of sulfonamides is 1. The fourth-order valence-corrected chi connectivity index (χ4v) is 6.52. The SMILES string of the molecule is CC[C@@H](NC(=O)C1CCN(S(=O)(=O)Cc2ccc(F)cc2)CC1)c1ccc2c(c1)CCCC2. The maximum Gasteiger partial charge on any atom is 0.223 e. The summed E-state index contributed by atoms with van der Waals surface area (Å²) in [5, 5.41) is 3.22. The summed E-state index contributed by atoms with van der Waals surface area (Å²) in [6.07, 6.45) is 6.56. The first-order valence-electron chi connectivity index (χ1n) is 12.0. The number of rotatable bonds is 7. The number of hydrogen-bond donors (Lipinski definition) is 1. The van der Waals surface area contributed by atoms with Gasteiger partial charge in [-0.2, -0.15) is 0 Å². The number of hydrogen-bond acceptors (Lipinski definition) is 3. The number of aryl methyl sites for hydroxylation is 2. The molecule has 1 aliphatic carbocycles. The van der Waals surface area contributed by atoms with E-state index < -0.39 is 10.0 Å². The number of amides is 1. The van der Waals surface area contributed by atoms with Crippen molar-refractivity contribution in [1.29, 1.82) is 0 Å². The van der Waals surface area contributed by atoms with Crippen molar-refractivity contribution in [2.24, 2.45) is 5.92 Å². The van der Waals surface area contributed by atoms with Crippen molar-refractivity contribution < 1.29 is 17.6 Å². The summed E-state index contributed by atoms with van der Waals surface area (Å²) >= 11 is 0. The number of nitrogens with zero attached hydrogens (tertiary/aromatic N) is 1. The zero-order chi connectivity index (χ0) is 23.4. The third kappa shape index (κ3) is 5.82. The average molecular weight is 473 g/mol. The van der Waals surface area contributed by atoms with Gasteiger partial charge >= 0.3 is 0 Å². The van der Waals surface area contributed by atoms with E-state index in [4.69, 9.17) is 0 Å². The molecule has 1 aliphatic heterocycles. The maximum atomic E-state index is 13.1. The molecule has 2 aromatic rings. The molecule has 178 valence electrons. The lowest BCUT2D eigenvalue weighted by Gasteiger charge is -2.31. The van der Waals surface area contributed by atoms with Gasteiger partial charge in [-0.15, -0.1) is 0 Å². The second-order valence-corrected chi connectivity index (χ2v) is 11.2. The van der Waals surface area contributed by atoms with Crippen LogP contribution in [0.5, 0.6) is 0 Å². The topological polar surface area (TPSA) is 66.5 Å². The van der Waals surface area contributed by atoms with Crippen LogP contribution in [0.3, 0.4) is 0 Å². The van der Waals surface area contributed by atoms with Crippen LogP contribution in [0.2, 0.25) is 0 Å². The molecule has 7 heteroatoms. The molecular weight excluding hydrogens is 439 g/mol. The Hall–Kier alpha value is -2.25. The third-order valence-corrected chi connectivity index (χ3v) is 8.83. The molecule has 2 aromatic carbocycles. The van der Waals surface area contributed by atoms with E-state index in [-0.39, 0.29) is 29.4 Å². The van der Waals surface area contributed by atoms with Crippen molar-refractivity contribution >= 4 is 15.9 Å². The smallest absolute Gasteiger partial charge is 0.223 e. The van der Waals surface area contributed by atoms with Crippen LogP contribution < -0.4 is 5.32 Å². The summed E-state index contributed by atoms with van der Waals surface area (Å²) in [4.78, 5) is 13.0. The molecule has 1 heterocycles. The van der Waals surface area contributed by atoms with Crippen LogP contribution in [0.1, 0.15) is 67.3 Å². The molecule has 1 saturated heterocycles. The number of carbonyl (C=O) groups excluding carboxylic acids is 1. The minimum Gasteiger partial charge on any atom is -0.349 e. The van der Waals surface area contributed by atoms with Gasteiger partial charge in [-0.05, 0) is 79.3 Å². The first-order valence-corrected chi connectivity index (χ1v) is 13.6. The van der Waals surface area contributed by atoms with Crippen LogP contribution >= 0.6 is 0 Å². The number of fused-ring (bicyclic) bond motifs is 1. The second-order valence-electron chi connectivity index (χ2n) is 9.26. The molecule has 0 radical (unpaired) electrons. The van der Waals surface area contributed by atoms with Crippen LogP contribution in [-0.2, 0) is 33.4 Å². The van der Waals surface area contributed by atoms with E-state index >= 15 is 0 Å². The minimum atomic E-state index is -3.50. The molecule has 0 unspecified atom stereocenters. The van der Waals surface area contributed by atoms with Gasteiger partial charge in [-0.1, -0.05) is 37.3 Å². The highest BCUT2D eigenvalue weighted by Crippen LogP contribution is 2.27. The Labute approximate surface area is 196 Å². The Morgan fingerprint density at radius 1 is 1.06 bits per heavy atom. The highest BCUT2D eigenvalue weighted by molar-refractivity contribution is 7.88. The van der Waals surface area contributed by atoms with Crippen molar-refractivity contribution in [3.05, 3.63) is 70.5 Å². The van der Waals surface area contributed by atoms with E-state index in [1.807, 2.05) is 0 Å². The number of benzene rings is 2. The van der Waals surface area contributed by atoms with E-state index in [2.05, 4.69) is 30.4 Å². The van der Waals surface area contributed by atoms with E-state index in [0.717, 1.165) is 24.8 Å². The van der Waals surface area contributed by atoms with Gasteiger partial charge in [-0.3, -0.25) is 4.79 Å². The first-order chi connectivity index (χ1) is 15.9. The molecular formula is C26H33FN2O3S. The Morgan fingerprint density at radius 2 is 1.73 bits per heavy atom. The molecule has 0 aromatic heterocycles. The Kier molecular flexibility index (Phi) is 7.49. The lowest BCUT2D eigenvalue weighted by Crippen LogP contribution is -2.44. The molecule has 1 atom stereocenters. The van der Waals surface area contributed by atoms with Gasteiger partial charge in [0.15, 0.2) is 0 Å². The summed E-state index contributed by atoms with van der Waals surface area (Å²) < 4.78 is 40.1. The highest BCUT2D eigenvalue weighted by atomic mass is 32.2. The summed E-state index contributed by atoms with van der Waals surface area (Å²) in [6.45, 7) is 2.74. The van der Waals surface area contributed by atoms with Gasteiger partial charge in [-0.25, -0.2) is 17.1 Å². The number of nitrogens with one attached hydrogen (secondary N) is 1. The van der Waals surface area contributed by atoms with E-state index in [1.165, 1.54) is 52.5 Å². The van der Waals surface area contributed by atoms with Crippen molar-refractivity contribution in [3.8, 4) is 0 Å². The summed E-state index contributed by atoms with van der Waals surface area (Å²) in [5.41, 5.74) is 4.56. The Bertz CT molecular complexity index is 1080. The van der Waals surface area contributed by atoms with Gasteiger partial charge in [0.05, 0.1) is 11.8 Å². The lowest BCUT2D eigenvalue weighted by atomic mass is 9.88. The number of halogens is 1. The summed E-state index contributed by atoms with van der Waals surface area (Å²) in [7, 11) is -3.50. The van der Waals surface area contributed by atoms with Gasteiger partial charge in [0, 0.05) is 19.0 Å². The fourth-order valence-electron chi connectivity index (χ4n) is 4.96. The average Bonchev–Trinajstić information content (AvgIpc) is 2.83. The van der Waals surface area contributed by atoms with Gasteiger partial charge in [0.25, 0.3) is 0 Å². The summed E-state index contributed by atoms with van der Waals surface area (Å²) in [5.74, 6) is -0.715. The normalized spacial score (nSPS) is 18.5. The van der Waals surface area contributed by atoms with Crippen molar-refractivity contribution in [2.45, 2.75) is 63.7 Å². The van der Waals surface area contributed by atoms with E-state index in [1.54, 1.807) is 0 Å². The summed E-state index contributed by atoms with van der Waals surface area (Å²) in [6, 6.07) is 12.1. The maximum absolute atomic E-state index is 13.1. The molecule has 0 saturated carbocycles. The molecule has 5 nitrogen and oxygen atoms in total. The minimum absolute atomic E-state index is 0.00940. The Morgan fingerprint density at radius 3 is 2.39 bits per heavy atom. The van der Waals surface area contributed by atoms with Gasteiger partial charge < -0.3 is 5.32 Å². The molecule has 0 bridgehead atoms. The van der Waals surface area contributed by atoms with Crippen LogP contribution in [0.15, 0.2) is 42.5 Å². The standard InChI is InChI=1S/C26H33FN2O3S/c1-2-25(23-10-9-20-5-3-4-6-22(20)17-23)28-26(30)21-13-15-29(16-14-21)33(31,32)18-19-7-11-24(27)12-8-19/h7-12,17,21,25H,2-6,13-16,18H2,1H3,(H,28,30)/t25-/m1/s1. The zero-order valence-corrected chi connectivity index (χ0v) is 20.0. The predicted octanol–water partition coefficient (Wildman–Crippen LogP) is 4.51.